The number of rotatable bonds is 3. The van der Waals surface area contributed by atoms with Crippen molar-refractivity contribution in [1.82, 2.24) is 19.8 Å². The summed E-state index contributed by atoms with van der Waals surface area (Å²) in [5.41, 5.74) is 3.00. The molecule has 0 atom stereocenters. The van der Waals surface area contributed by atoms with E-state index in [1.807, 2.05) is 4.90 Å². The highest BCUT2D eigenvalue weighted by molar-refractivity contribution is 5.92. The van der Waals surface area contributed by atoms with Crippen LogP contribution in [0.15, 0.2) is 36.7 Å². The van der Waals surface area contributed by atoms with Gasteiger partial charge in [-0.05, 0) is 31.7 Å². The second-order valence-corrected chi connectivity index (χ2v) is 7.67. The van der Waals surface area contributed by atoms with E-state index in [0.717, 1.165) is 58.2 Å². The van der Waals surface area contributed by atoms with Crippen molar-refractivity contribution < 1.29 is 4.79 Å². The first-order chi connectivity index (χ1) is 13.6. The lowest BCUT2D eigenvalue weighted by atomic mass is 10.2. The molecule has 2 aliphatic heterocycles. The molecular weight excluding hydrogens is 352 g/mol. The molecule has 0 N–H and O–H groups in total. The van der Waals surface area contributed by atoms with E-state index >= 15 is 0 Å². The van der Waals surface area contributed by atoms with E-state index in [-0.39, 0.29) is 5.91 Å². The van der Waals surface area contributed by atoms with Crippen molar-refractivity contribution in [3.63, 3.8) is 0 Å². The summed E-state index contributed by atoms with van der Waals surface area (Å²) in [6.45, 7) is 9.13. The Labute approximate surface area is 166 Å². The quantitative estimate of drug-likeness (QED) is 0.804. The van der Waals surface area contributed by atoms with Gasteiger partial charge in [0.25, 0.3) is 5.91 Å². The van der Waals surface area contributed by atoms with E-state index in [4.69, 9.17) is 0 Å². The molecule has 0 saturated carbocycles. The Bertz CT molecular complexity index is 808. The number of carbonyl (C=O) groups is 1. The molecule has 7 nitrogen and oxygen atoms in total. The lowest BCUT2D eigenvalue weighted by Gasteiger charge is -2.36. The first-order valence-corrected chi connectivity index (χ1v) is 9.96. The van der Waals surface area contributed by atoms with Gasteiger partial charge in [-0.1, -0.05) is 12.1 Å². The lowest BCUT2D eigenvalue weighted by molar-refractivity contribution is 0.0658. The third kappa shape index (κ3) is 4.09. The maximum absolute atomic E-state index is 12.6. The Hall–Kier alpha value is -2.67. The second-order valence-electron chi connectivity index (χ2n) is 7.67. The van der Waals surface area contributed by atoms with Crippen LogP contribution in [-0.2, 0) is 0 Å². The highest BCUT2D eigenvalue weighted by atomic mass is 16.2. The van der Waals surface area contributed by atoms with Crippen LogP contribution < -0.4 is 9.80 Å². The molecule has 1 amide bonds. The Kier molecular flexibility index (Phi) is 5.43. The third-order valence-electron chi connectivity index (χ3n) is 5.62. The van der Waals surface area contributed by atoms with E-state index in [9.17, 15) is 4.79 Å². The largest absolute Gasteiger partial charge is 0.368 e. The van der Waals surface area contributed by atoms with Crippen LogP contribution >= 0.6 is 0 Å². The van der Waals surface area contributed by atoms with Gasteiger partial charge in [-0.25, -0.2) is 9.97 Å². The molecule has 4 rings (SSSR count). The van der Waals surface area contributed by atoms with E-state index in [2.05, 4.69) is 62.9 Å². The number of likely N-dealkylation sites (N-methyl/N-ethyl adjacent to an activating group) is 1. The average molecular weight is 380 g/mol. The second kappa shape index (κ2) is 8.14. The summed E-state index contributed by atoms with van der Waals surface area (Å²) in [6, 6.07) is 8.63. The zero-order valence-corrected chi connectivity index (χ0v) is 16.7. The molecule has 7 heteroatoms. The fourth-order valence-electron chi connectivity index (χ4n) is 3.78. The normalized spacial score (nSPS) is 18.4. The first kappa shape index (κ1) is 18.7. The monoisotopic (exact) mass is 380 g/mol. The van der Waals surface area contributed by atoms with Gasteiger partial charge in [-0.15, -0.1) is 0 Å². The number of carbonyl (C=O) groups excluding carboxylic acids is 1. The SMILES string of the molecule is Cc1cccc(N2CCN(c3cnc(C(=O)N4CCN(C)CC4)cn3)CC2)c1. The van der Waals surface area contributed by atoms with Crippen LogP contribution in [0.4, 0.5) is 11.5 Å². The Morgan fingerprint density at radius 3 is 2.25 bits per heavy atom. The first-order valence-electron chi connectivity index (χ1n) is 9.96. The number of hydrogen-bond acceptors (Lipinski definition) is 6. The summed E-state index contributed by atoms with van der Waals surface area (Å²) in [5, 5.41) is 0. The van der Waals surface area contributed by atoms with Crippen molar-refractivity contribution in [2.75, 3.05) is 69.2 Å². The third-order valence-corrected chi connectivity index (χ3v) is 5.62. The standard InChI is InChI=1S/C21H28N6O/c1-17-4-3-5-18(14-17)25-10-12-26(13-11-25)20-16-22-19(15-23-20)21(28)27-8-6-24(2)7-9-27/h3-5,14-16H,6-13H2,1-2H3. The van der Waals surface area contributed by atoms with Crippen molar-refractivity contribution in [1.29, 1.82) is 0 Å². The summed E-state index contributed by atoms with van der Waals surface area (Å²) in [5.74, 6) is 0.829. The predicted octanol–water partition coefficient (Wildman–Crippen LogP) is 1.50. The number of benzene rings is 1. The minimum Gasteiger partial charge on any atom is -0.368 e. The zero-order chi connectivity index (χ0) is 19.5. The number of aromatic nitrogens is 2. The number of nitrogens with zero attached hydrogens (tertiary/aromatic N) is 6. The highest BCUT2D eigenvalue weighted by Gasteiger charge is 2.23. The van der Waals surface area contributed by atoms with Crippen molar-refractivity contribution in [3.05, 3.63) is 47.9 Å². The van der Waals surface area contributed by atoms with Crippen LogP contribution in [0, 0.1) is 6.92 Å². The van der Waals surface area contributed by atoms with Gasteiger partial charge in [0.15, 0.2) is 0 Å². The van der Waals surface area contributed by atoms with Gasteiger partial charge < -0.3 is 19.6 Å². The number of hydrogen-bond donors (Lipinski definition) is 0. The number of anilines is 2. The molecule has 2 saturated heterocycles. The summed E-state index contributed by atoms with van der Waals surface area (Å²) in [6.07, 6.45) is 3.37. The lowest BCUT2D eigenvalue weighted by Crippen LogP contribution is -2.47. The number of piperazine rings is 2. The van der Waals surface area contributed by atoms with E-state index in [0.29, 0.717) is 5.69 Å². The van der Waals surface area contributed by atoms with Crippen LogP contribution in [0.2, 0.25) is 0 Å². The van der Waals surface area contributed by atoms with Gasteiger partial charge >= 0.3 is 0 Å². The van der Waals surface area contributed by atoms with Crippen molar-refractivity contribution in [3.8, 4) is 0 Å². The number of aryl methyl sites for hydroxylation is 1. The molecule has 1 aromatic carbocycles. The average Bonchev–Trinajstić information content (AvgIpc) is 2.74. The molecule has 2 fully saturated rings. The zero-order valence-electron chi connectivity index (χ0n) is 16.7. The van der Waals surface area contributed by atoms with Crippen LogP contribution in [0.3, 0.4) is 0 Å². The van der Waals surface area contributed by atoms with Gasteiger partial charge in [0.05, 0.1) is 12.4 Å². The molecule has 2 aromatic rings. The highest BCUT2D eigenvalue weighted by Crippen LogP contribution is 2.20. The summed E-state index contributed by atoms with van der Waals surface area (Å²) < 4.78 is 0. The smallest absolute Gasteiger partial charge is 0.274 e. The molecule has 1 aromatic heterocycles. The molecule has 0 radical (unpaired) electrons. The molecule has 0 unspecified atom stereocenters. The van der Waals surface area contributed by atoms with Crippen LogP contribution in [0.25, 0.3) is 0 Å². The van der Waals surface area contributed by atoms with Gasteiger partial charge in [0, 0.05) is 58.0 Å². The molecule has 0 bridgehead atoms. The fourth-order valence-corrected chi connectivity index (χ4v) is 3.78. The summed E-state index contributed by atoms with van der Waals surface area (Å²) in [4.78, 5) is 30.3. The summed E-state index contributed by atoms with van der Waals surface area (Å²) in [7, 11) is 2.08. The molecule has 148 valence electrons. The van der Waals surface area contributed by atoms with Crippen molar-refractivity contribution >= 4 is 17.4 Å². The van der Waals surface area contributed by atoms with Gasteiger partial charge in [0.2, 0.25) is 0 Å². The Morgan fingerprint density at radius 2 is 1.61 bits per heavy atom. The fraction of sp³-hybridized carbons (Fsp3) is 0.476. The van der Waals surface area contributed by atoms with Crippen molar-refractivity contribution in [2.24, 2.45) is 0 Å². The minimum atomic E-state index is -0.0172. The maximum atomic E-state index is 12.6. The topological polar surface area (TPSA) is 55.8 Å². The maximum Gasteiger partial charge on any atom is 0.274 e. The molecule has 28 heavy (non-hydrogen) atoms. The van der Waals surface area contributed by atoms with Gasteiger partial charge in [-0.2, -0.15) is 0 Å². The van der Waals surface area contributed by atoms with E-state index in [1.54, 1.807) is 12.4 Å². The molecular formula is C21H28N6O. The molecule has 0 spiro atoms. The van der Waals surface area contributed by atoms with E-state index in [1.165, 1.54) is 11.3 Å². The van der Waals surface area contributed by atoms with Crippen LogP contribution in [-0.4, -0.2) is 85.1 Å². The minimum absolute atomic E-state index is 0.0172. The number of amides is 1. The Morgan fingerprint density at radius 1 is 0.893 bits per heavy atom. The molecule has 2 aliphatic rings. The van der Waals surface area contributed by atoms with Crippen LogP contribution in [0.5, 0.6) is 0 Å². The van der Waals surface area contributed by atoms with Crippen molar-refractivity contribution in [2.45, 2.75) is 6.92 Å². The Balaban J connectivity index is 1.35. The molecule has 0 aliphatic carbocycles. The van der Waals surface area contributed by atoms with E-state index < -0.39 is 0 Å². The predicted molar refractivity (Wildman–Crippen MR) is 111 cm³/mol. The van der Waals surface area contributed by atoms with Crippen LogP contribution in [0.1, 0.15) is 16.1 Å². The molecule has 3 heterocycles. The van der Waals surface area contributed by atoms with Gasteiger partial charge in [0.1, 0.15) is 11.5 Å². The summed E-state index contributed by atoms with van der Waals surface area (Å²) >= 11 is 0. The van der Waals surface area contributed by atoms with Gasteiger partial charge in [-0.3, -0.25) is 4.79 Å².